The van der Waals surface area contributed by atoms with E-state index in [1.807, 2.05) is 11.7 Å². The molecule has 3 aromatic rings. The smallest absolute Gasteiger partial charge is 0.163 e. The fourth-order valence-corrected chi connectivity index (χ4v) is 2.95. The number of hydrogen-bond acceptors (Lipinski definition) is 2. The Hall–Kier alpha value is -1.08. The Labute approximate surface area is 135 Å². The van der Waals surface area contributed by atoms with E-state index in [-0.39, 0.29) is 0 Å². The zero-order valence-corrected chi connectivity index (χ0v) is 14.2. The monoisotopic (exact) mass is 400 g/mol. The second-order valence-electron chi connectivity index (χ2n) is 4.57. The Morgan fingerprint density at radius 1 is 1.25 bits per heavy atom. The van der Waals surface area contributed by atoms with Gasteiger partial charge in [0.2, 0.25) is 0 Å². The van der Waals surface area contributed by atoms with E-state index in [4.69, 9.17) is 11.6 Å². The van der Waals surface area contributed by atoms with Crippen molar-refractivity contribution in [1.29, 1.82) is 0 Å². The molecular formula is C14H14ClIN4. The molecule has 0 radical (unpaired) electrons. The fourth-order valence-electron chi connectivity index (χ4n) is 2.41. The van der Waals surface area contributed by atoms with Crippen molar-refractivity contribution in [2.24, 2.45) is 7.05 Å². The number of fused-ring (bicyclic) bond motifs is 1. The van der Waals surface area contributed by atoms with Crippen LogP contribution in [0.2, 0.25) is 0 Å². The number of aryl methyl sites for hydroxylation is 2. The Bertz CT molecular complexity index is 758. The van der Waals surface area contributed by atoms with E-state index in [2.05, 4.69) is 68.4 Å². The Balaban J connectivity index is 2.32. The first-order chi connectivity index (χ1) is 9.65. The number of aromatic nitrogens is 4. The van der Waals surface area contributed by atoms with Gasteiger partial charge >= 0.3 is 0 Å². The van der Waals surface area contributed by atoms with Crippen molar-refractivity contribution in [2.75, 3.05) is 0 Å². The van der Waals surface area contributed by atoms with Crippen LogP contribution in [-0.4, -0.2) is 19.3 Å². The maximum absolute atomic E-state index is 6.08. The van der Waals surface area contributed by atoms with E-state index in [9.17, 15) is 0 Å². The first kappa shape index (κ1) is 13.9. The summed E-state index contributed by atoms with van der Waals surface area (Å²) in [7, 11) is 1.95. The third-order valence-corrected chi connectivity index (χ3v) is 4.27. The molecule has 0 atom stereocenters. The summed E-state index contributed by atoms with van der Waals surface area (Å²) in [6.07, 6.45) is 0.864. The number of nitrogens with zero attached hydrogens (tertiary/aromatic N) is 4. The summed E-state index contributed by atoms with van der Waals surface area (Å²) < 4.78 is 5.18. The molecule has 0 saturated heterocycles. The lowest BCUT2D eigenvalue weighted by Crippen LogP contribution is -2.04. The first-order valence-electron chi connectivity index (χ1n) is 6.40. The van der Waals surface area contributed by atoms with Gasteiger partial charge < -0.3 is 0 Å². The van der Waals surface area contributed by atoms with Crippen molar-refractivity contribution in [1.82, 2.24) is 19.3 Å². The molecule has 0 unspecified atom stereocenters. The third-order valence-electron chi connectivity index (χ3n) is 3.31. The molecule has 0 aliphatic heterocycles. The van der Waals surface area contributed by atoms with Gasteiger partial charge in [-0.25, -0.2) is 9.67 Å². The standard InChI is InChI=1S/C14H14ClIN4/c1-3-11-13-14(19(2)18-11)20(12(8-15)17-13)10-6-4-9(16)5-7-10/h4-7H,3,8H2,1-2H3. The van der Waals surface area contributed by atoms with Crippen molar-refractivity contribution >= 4 is 45.4 Å². The molecule has 20 heavy (non-hydrogen) atoms. The van der Waals surface area contributed by atoms with E-state index < -0.39 is 0 Å². The Kier molecular flexibility index (Phi) is 3.72. The molecule has 0 amide bonds. The highest BCUT2D eigenvalue weighted by atomic mass is 127. The van der Waals surface area contributed by atoms with E-state index in [0.29, 0.717) is 5.88 Å². The molecule has 104 valence electrons. The molecule has 0 fully saturated rings. The molecule has 0 bridgehead atoms. The summed E-state index contributed by atoms with van der Waals surface area (Å²) in [5.41, 5.74) is 4.02. The zero-order valence-electron chi connectivity index (χ0n) is 11.3. The number of hydrogen-bond donors (Lipinski definition) is 0. The van der Waals surface area contributed by atoms with E-state index in [1.54, 1.807) is 0 Å². The van der Waals surface area contributed by atoms with Crippen LogP contribution in [0.15, 0.2) is 24.3 Å². The summed E-state index contributed by atoms with van der Waals surface area (Å²) in [6.45, 7) is 2.09. The zero-order chi connectivity index (χ0) is 14.3. The van der Waals surface area contributed by atoms with Gasteiger partial charge in [0, 0.05) is 16.3 Å². The average molecular weight is 401 g/mol. The molecular weight excluding hydrogens is 387 g/mol. The number of imidazole rings is 1. The van der Waals surface area contributed by atoms with E-state index in [1.165, 1.54) is 3.57 Å². The Morgan fingerprint density at radius 2 is 1.95 bits per heavy atom. The molecule has 0 aliphatic carbocycles. The minimum Gasteiger partial charge on any atom is -0.280 e. The van der Waals surface area contributed by atoms with Crippen LogP contribution >= 0.6 is 34.2 Å². The molecule has 0 spiro atoms. The predicted octanol–water partition coefficient (Wildman–Crippen LogP) is 3.66. The number of alkyl halides is 1. The van der Waals surface area contributed by atoms with Gasteiger partial charge in [-0.3, -0.25) is 4.57 Å². The predicted molar refractivity (Wildman–Crippen MR) is 89.5 cm³/mol. The third kappa shape index (κ3) is 2.13. The van der Waals surface area contributed by atoms with Crippen molar-refractivity contribution in [3.8, 4) is 5.69 Å². The summed E-state index contributed by atoms with van der Waals surface area (Å²) in [5.74, 6) is 1.23. The second-order valence-corrected chi connectivity index (χ2v) is 6.08. The van der Waals surface area contributed by atoms with Crippen LogP contribution in [0.3, 0.4) is 0 Å². The molecule has 0 N–H and O–H groups in total. The van der Waals surface area contributed by atoms with Gasteiger partial charge in [-0.15, -0.1) is 11.6 Å². The minimum absolute atomic E-state index is 0.379. The fraction of sp³-hybridized carbons (Fsp3) is 0.286. The van der Waals surface area contributed by atoms with Crippen LogP contribution in [0.25, 0.3) is 16.9 Å². The first-order valence-corrected chi connectivity index (χ1v) is 8.02. The lowest BCUT2D eigenvalue weighted by Gasteiger charge is -2.08. The number of halogens is 2. The van der Waals surface area contributed by atoms with Crippen molar-refractivity contribution in [2.45, 2.75) is 19.2 Å². The molecule has 4 nitrogen and oxygen atoms in total. The number of benzene rings is 1. The van der Waals surface area contributed by atoms with Gasteiger partial charge in [0.1, 0.15) is 11.3 Å². The highest BCUT2D eigenvalue weighted by Gasteiger charge is 2.18. The van der Waals surface area contributed by atoms with Crippen LogP contribution in [0, 0.1) is 3.57 Å². The number of rotatable bonds is 3. The average Bonchev–Trinajstić information content (AvgIpc) is 2.97. The van der Waals surface area contributed by atoms with Crippen LogP contribution in [0.1, 0.15) is 18.4 Å². The largest absolute Gasteiger partial charge is 0.280 e. The summed E-state index contributed by atoms with van der Waals surface area (Å²) in [5, 5.41) is 4.54. The van der Waals surface area contributed by atoms with Crippen molar-refractivity contribution < 1.29 is 0 Å². The molecule has 2 heterocycles. The lowest BCUT2D eigenvalue weighted by atomic mass is 10.3. The van der Waals surface area contributed by atoms with Crippen LogP contribution in [-0.2, 0) is 19.3 Å². The highest BCUT2D eigenvalue weighted by Crippen LogP contribution is 2.25. The Morgan fingerprint density at radius 3 is 2.55 bits per heavy atom. The van der Waals surface area contributed by atoms with Gasteiger partial charge in [0.05, 0.1) is 11.6 Å². The molecule has 1 aromatic carbocycles. The van der Waals surface area contributed by atoms with Crippen LogP contribution in [0.4, 0.5) is 0 Å². The minimum atomic E-state index is 0.379. The lowest BCUT2D eigenvalue weighted by molar-refractivity contribution is 0.744. The van der Waals surface area contributed by atoms with Gasteiger partial charge in [0.25, 0.3) is 0 Å². The molecule has 0 aliphatic rings. The summed E-state index contributed by atoms with van der Waals surface area (Å²) in [4.78, 5) is 4.67. The quantitative estimate of drug-likeness (QED) is 0.497. The molecule has 2 aromatic heterocycles. The maximum Gasteiger partial charge on any atom is 0.163 e. The second kappa shape index (κ2) is 5.37. The van der Waals surface area contributed by atoms with Gasteiger partial charge in [-0.2, -0.15) is 5.10 Å². The summed E-state index contributed by atoms with van der Waals surface area (Å²) >= 11 is 8.37. The van der Waals surface area contributed by atoms with Gasteiger partial charge in [-0.05, 0) is 53.3 Å². The van der Waals surface area contributed by atoms with Crippen LogP contribution < -0.4 is 0 Å². The normalized spacial score (nSPS) is 11.4. The van der Waals surface area contributed by atoms with Gasteiger partial charge in [0.15, 0.2) is 5.65 Å². The maximum atomic E-state index is 6.08. The molecule has 6 heteroatoms. The molecule has 3 rings (SSSR count). The molecule has 0 saturated carbocycles. The summed E-state index contributed by atoms with van der Waals surface area (Å²) in [6, 6.07) is 8.32. The van der Waals surface area contributed by atoms with E-state index in [0.717, 1.165) is 34.8 Å². The van der Waals surface area contributed by atoms with E-state index >= 15 is 0 Å². The van der Waals surface area contributed by atoms with Gasteiger partial charge in [-0.1, -0.05) is 6.92 Å². The van der Waals surface area contributed by atoms with Crippen molar-refractivity contribution in [3.63, 3.8) is 0 Å². The highest BCUT2D eigenvalue weighted by molar-refractivity contribution is 14.1. The van der Waals surface area contributed by atoms with Crippen LogP contribution in [0.5, 0.6) is 0 Å². The SMILES string of the molecule is CCc1nn(C)c2c1nc(CCl)n2-c1ccc(I)cc1. The van der Waals surface area contributed by atoms with Crippen molar-refractivity contribution in [3.05, 3.63) is 39.4 Å². The topological polar surface area (TPSA) is 35.6 Å².